The molecular formula is C11H15ClN2O3S2. The van der Waals surface area contributed by atoms with E-state index in [1.54, 1.807) is 0 Å². The molecule has 2 atom stereocenters. The first-order valence-electron chi connectivity index (χ1n) is 5.90. The van der Waals surface area contributed by atoms with E-state index < -0.39 is 27.3 Å². The Labute approximate surface area is 121 Å². The molecule has 19 heavy (non-hydrogen) atoms. The zero-order valence-electron chi connectivity index (χ0n) is 10.3. The molecule has 0 radical (unpaired) electrons. The second kappa shape index (κ2) is 5.68. The van der Waals surface area contributed by atoms with Crippen LogP contribution in [0.4, 0.5) is 9.80 Å². The van der Waals surface area contributed by atoms with Crippen LogP contribution >= 0.6 is 22.9 Å². The minimum Gasteiger partial charge on any atom is -0.333 e. The molecule has 1 saturated heterocycles. The van der Waals surface area contributed by atoms with Crippen molar-refractivity contribution in [2.75, 3.05) is 16.8 Å². The van der Waals surface area contributed by atoms with Gasteiger partial charge in [-0.1, -0.05) is 6.92 Å². The molecule has 0 aliphatic carbocycles. The van der Waals surface area contributed by atoms with Crippen molar-refractivity contribution in [2.24, 2.45) is 0 Å². The van der Waals surface area contributed by atoms with Gasteiger partial charge in [0.25, 0.3) is 0 Å². The number of hydrogen-bond acceptors (Lipinski definition) is 4. The number of hydrogen-bond donors (Lipinski definition) is 2. The number of urea groups is 1. The van der Waals surface area contributed by atoms with Crippen molar-refractivity contribution >= 4 is 43.8 Å². The summed E-state index contributed by atoms with van der Waals surface area (Å²) >= 11 is 7.41. The topological polar surface area (TPSA) is 75.3 Å². The third kappa shape index (κ3) is 3.84. The molecule has 2 N–H and O–H groups in total. The van der Waals surface area contributed by atoms with Crippen LogP contribution in [0, 0.1) is 0 Å². The third-order valence-corrected chi connectivity index (χ3v) is 6.37. The molecule has 2 amide bonds. The number of amides is 2. The smallest absolute Gasteiger partial charge is 0.320 e. The van der Waals surface area contributed by atoms with Crippen molar-refractivity contribution in [2.45, 2.75) is 24.8 Å². The molecule has 0 spiro atoms. The van der Waals surface area contributed by atoms with Gasteiger partial charge < -0.3 is 5.32 Å². The van der Waals surface area contributed by atoms with E-state index in [1.165, 1.54) is 16.2 Å². The predicted molar refractivity (Wildman–Crippen MR) is 77.9 cm³/mol. The van der Waals surface area contributed by atoms with Crippen molar-refractivity contribution < 1.29 is 13.2 Å². The van der Waals surface area contributed by atoms with Crippen LogP contribution in [0.2, 0.25) is 0 Å². The lowest BCUT2D eigenvalue weighted by Gasteiger charge is -2.14. The van der Waals surface area contributed by atoms with Crippen molar-refractivity contribution in [3.8, 4) is 0 Å². The predicted octanol–water partition coefficient (Wildman–Crippen LogP) is 1.84. The van der Waals surface area contributed by atoms with Crippen molar-refractivity contribution in [1.29, 1.82) is 0 Å². The first-order valence-corrected chi connectivity index (χ1v) is 8.98. The van der Waals surface area contributed by atoms with Crippen LogP contribution < -0.4 is 10.6 Å². The molecule has 0 unspecified atom stereocenters. The molecule has 2 rings (SSSR count). The maximum Gasteiger partial charge on any atom is 0.320 e. The van der Waals surface area contributed by atoms with Gasteiger partial charge in [-0.3, -0.25) is 5.32 Å². The molecule has 1 aliphatic rings. The molecular weight excluding hydrogens is 308 g/mol. The second-order valence-corrected chi connectivity index (χ2v) is 8.30. The number of rotatable bonds is 3. The van der Waals surface area contributed by atoms with Gasteiger partial charge in [0.1, 0.15) is 0 Å². The maximum atomic E-state index is 11.8. The quantitative estimate of drug-likeness (QED) is 0.834. The Balaban J connectivity index is 1.91. The SMILES string of the molecule is CCc1ccc(NC(=O)N[C@@H]2CS(=O)(=O)C[C@@H]2Cl)s1. The molecule has 1 aromatic rings. The van der Waals surface area contributed by atoms with Gasteiger partial charge in [-0.05, 0) is 18.6 Å². The molecule has 8 heteroatoms. The monoisotopic (exact) mass is 322 g/mol. The molecule has 5 nitrogen and oxygen atoms in total. The van der Waals surface area contributed by atoms with Gasteiger partial charge in [-0.25, -0.2) is 13.2 Å². The molecule has 0 aromatic carbocycles. The van der Waals surface area contributed by atoms with Gasteiger partial charge in [0, 0.05) is 4.88 Å². The lowest BCUT2D eigenvalue weighted by Crippen LogP contribution is -2.42. The van der Waals surface area contributed by atoms with Gasteiger partial charge in [0.2, 0.25) is 0 Å². The highest BCUT2D eigenvalue weighted by Gasteiger charge is 2.37. The van der Waals surface area contributed by atoms with Crippen molar-refractivity contribution in [3.63, 3.8) is 0 Å². The first kappa shape index (κ1) is 14.6. The summed E-state index contributed by atoms with van der Waals surface area (Å²) < 4.78 is 22.8. The van der Waals surface area contributed by atoms with Crippen LogP contribution in [0.15, 0.2) is 12.1 Å². The number of nitrogens with one attached hydrogen (secondary N) is 2. The molecule has 2 heterocycles. The molecule has 1 fully saturated rings. The summed E-state index contributed by atoms with van der Waals surface area (Å²) in [6.45, 7) is 2.04. The molecule has 106 valence electrons. The molecule has 1 aromatic heterocycles. The maximum absolute atomic E-state index is 11.8. The minimum atomic E-state index is -3.13. The largest absolute Gasteiger partial charge is 0.333 e. The molecule has 0 saturated carbocycles. The normalized spacial score (nSPS) is 25.2. The van der Waals surface area contributed by atoms with E-state index in [9.17, 15) is 13.2 Å². The summed E-state index contributed by atoms with van der Waals surface area (Å²) in [4.78, 5) is 12.9. The van der Waals surface area contributed by atoms with Crippen molar-refractivity contribution in [1.82, 2.24) is 5.32 Å². The second-order valence-electron chi connectivity index (χ2n) is 4.42. The van der Waals surface area contributed by atoms with E-state index >= 15 is 0 Å². The molecule has 0 bridgehead atoms. The fraction of sp³-hybridized carbons (Fsp3) is 0.545. The number of aryl methyl sites for hydroxylation is 1. The van der Waals surface area contributed by atoms with Gasteiger partial charge in [0.05, 0.1) is 27.9 Å². The number of thiophene rings is 1. The zero-order valence-corrected chi connectivity index (χ0v) is 12.7. The van der Waals surface area contributed by atoms with E-state index in [4.69, 9.17) is 11.6 Å². The van der Waals surface area contributed by atoms with Gasteiger partial charge >= 0.3 is 6.03 Å². The fourth-order valence-electron chi connectivity index (χ4n) is 1.89. The Bertz CT molecular complexity index is 570. The van der Waals surface area contributed by atoms with E-state index in [0.29, 0.717) is 0 Å². The van der Waals surface area contributed by atoms with E-state index in [-0.39, 0.29) is 11.5 Å². The van der Waals surface area contributed by atoms with E-state index in [2.05, 4.69) is 10.6 Å². The Morgan fingerprint density at radius 1 is 1.47 bits per heavy atom. The number of alkyl halides is 1. The number of sulfone groups is 1. The third-order valence-electron chi connectivity index (χ3n) is 2.85. The van der Waals surface area contributed by atoms with Crippen molar-refractivity contribution in [3.05, 3.63) is 17.0 Å². The Morgan fingerprint density at radius 3 is 2.74 bits per heavy atom. The lowest BCUT2D eigenvalue weighted by molar-refractivity contribution is 0.249. The summed E-state index contributed by atoms with van der Waals surface area (Å²) in [5.41, 5.74) is 0. The average Bonchev–Trinajstić information content (AvgIpc) is 2.83. The highest BCUT2D eigenvalue weighted by atomic mass is 35.5. The fourth-order valence-corrected chi connectivity index (χ4v) is 5.28. The van der Waals surface area contributed by atoms with Crippen LogP contribution in [0.1, 0.15) is 11.8 Å². The van der Waals surface area contributed by atoms with Crippen LogP contribution in [0.3, 0.4) is 0 Å². The molecule has 1 aliphatic heterocycles. The summed E-state index contributed by atoms with van der Waals surface area (Å²) in [5, 5.41) is 5.46. The van der Waals surface area contributed by atoms with Crippen LogP contribution in [0.25, 0.3) is 0 Å². The number of anilines is 1. The van der Waals surface area contributed by atoms with E-state index in [0.717, 1.165) is 11.4 Å². The summed E-state index contributed by atoms with van der Waals surface area (Å²) in [7, 11) is -3.13. The highest BCUT2D eigenvalue weighted by molar-refractivity contribution is 7.91. The standard InChI is InChI=1S/C11H15ClN2O3S2/c1-2-7-3-4-10(18-7)14-11(15)13-9-6-19(16,17)5-8(9)12/h3-4,8-9H,2,5-6H2,1H3,(H2,13,14,15)/t8-,9+/m0/s1. The van der Waals surface area contributed by atoms with Crippen LogP contribution in [-0.2, 0) is 16.3 Å². The van der Waals surface area contributed by atoms with Gasteiger partial charge in [-0.2, -0.15) is 0 Å². The number of carbonyl (C=O) groups is 1. The highest BCUT2D eigenvalue weighted by Crippen LogP contribution is 2.22. The summed E-state index contributed by atoms with van der Waals surface area (Å²) in [6, 6.07) is 2.83. The van der Waals surface area contributed by atoms with E-state index in [1.807, 2.05) is 19.1 Å². The summed E-state index contributed by atoms with van der Waals surface area (Å²) in [6.07, 6.45) is 0.915. The lowest BCUT2D eigenvalue weighted by atomic mass is 10.2. The Morgan fingerprint density at radius 2 is 2.21 bits per heavy atom. The van der Waals surface area contributed by atoms with Gasteiger partial charge in [-0.15, -0.1) is 22.9 Å². The Kier molecular flexibility index (Phi) is 4.37. The van der Waals surface area contributed by atoms with Crippen LogP contribution in [0.5, 0.6) is 0 Å². The Hall–Kier alpha value is -0.790. The minimum absolute atomic E-state index is 0.0848. The number of carbonyl (C=O) groups excluding carboxylic acids is 1. The summed E-state index contributed by atoms with van der Waals surface area (Å²) in [5.74, 6) is -0.183. The average molecular weight is 323 g/mol. The first-order chi connectivity index (χ1) is 8.89. The van der Waals surface area contributed by atoms with Crippen LogP contribution in [-0.4, -0.2) is 37.4 Å². The zero-order chi connectivity index (χ0) is 14.0. The number of halogens is 1. The van der Waals surface area contributed by atoms with Gasteiger partial charge in [0.15, 0.2) is 9.84 Å².